The van der Waals surface area contributed by atoms with Gasteiger partial charge in [-0.25, -0.2) is 4.98 Å². The smallest absolute Gasteiger partial charge is 0.321 e. The van der Waals surface area contributed by atoms with Gasteiger partial charge in [0, 0.05) is 16.8 Å². The number of alkyl halides is 3. The molecule has 2 amide bonds. The lowest BCUT2D eigenvalue weighted by molar-refractivity contribution is -0.140. The van der Waals surface area contributed by atoms with Crippen LogP contribution in [0.2, 0.25) is 0 Å². The van der Waals surface area contributed by atoms with E-state index >= 15 is 0 Å². The van der Waals surface area contributed by atoms with Gasteiger partial charge in [0.25, 0.3) is 11.8 Å². The third kappa shape index (κ3) is 4.44. The highest BCUT2D eigenvalue weighted by atomic mass is 32.1. The number of anilines is 2. The van der Waals surface area contributed by atoms with Crippen molar-refractivity contribution in [2.75, 3.05) is 10.6 Å². The van der Waals surface area contributed by atoms with Crippen molar-refractivity contribution in [3.05, 3.63) is 74.9 Å². The normalized spacial score (nSPS) is 11.5. The third-order valence-corrected chi connectivity index (χ3v) is 6.51. The quantitative estimate of drug-likeness (QED) is 0.381. The number of pyridine rings is 1. The lowest BCUT2D eigenvalue weighted by Gasteiger charge is -2.07. The van der Waals surface area contributed by atoms with Crippen LogP contribution in [-0.2, 0) is 6.18 Å². The van der Waals surface area contributed by atoms with Gasteiger partial charge in [0.05, 0.1) is 9.75 Å². The van der Waals surface area contributed by atoms with E-state index in [1.165, 1.54) is 17.4 Å². The molecule has 10 heteroatoms. The van der Waals surface area contributed by atoms with E-state index in [1.807, 2.05) is 5.38 Å². The molecule has 0 aliphatic heterocycles. The minimum atomic E-state index is -4.55. The maximum Gasteiger partial charge on any atom is 0.433 e. The summed E-state index contributed by atoms with van der Waals surface area (Å²) in [4.78, 5) is 29.5. The number of halogens is 3. The molecule has 0 bridgehead atoms. The van der Waals surface area contributed by atoms with E-state index in [0.29, 0.717) is 27.2 Å². The molecule has 3 aromatic heterocycles. The first-order valence-corrected chi connectivity index (χ1v) is 10.7. The number of benzene rings is 1. The maximum absolute atomic E-state index is 12.9. The zero-order chi connectivity index (χ0) is 22.2. The Balaban J connectivity index is 1.49. The van der Waals surface area contributed by atoms with E-state index < -0.39 is 17.8 Å². The van der Waals surface area contributed by atoms with E-state index in [4.69, 9.17) is 0 Å². The highest BCUT2D eigenvalue weighted by Gasteiger charge is 2.33. The molecular weight excluding hydrogens is 447 g/mol. The van der Waals surface area contributed by atoms with Crippen molar-refractivity contribution in [1.82, 2.24) is 4.98 Å². The maximum atomic E-state index is 12.9. The molecule has 0 unspecified atom stereocenters. The Morgan fingerprint density at radius 2 is 1.58 bits per heavy atom. The van der Waals surface area contributed by atoms with Crippen LogP contribution in [0.5, 0.6) is 0 Å². The number of fused-ring (bicyclic) bond motifs is 1. The van der Waals surface area contributed by atoms with Crippen molar-refractivity contribution in [1.29, 1.82) is 0 Å². The van der Waals surface area contributed by atoms with Crippen molar-refractivity contribution in [2.24, 2.45) is 0 Å². The lowest BCUT2D eigenvalue weighted by atomic mass is 10.1. The zero-order valence-corrected chi connectivity index (χ0v) is 17.5. The number of nitrogens with one attached hydrogen (secondary N) is 2. The molecule has 0 radical (unpaired) electrons. The first-order chi connectivity index (χ1) is 14.7. The SMILES string of the molecule is Cc1c(C(=O)Nc2ccc(NC(=O)c3cccs3)cc2)sc2nc(C(F)(F)F)ccc12. The van der Waals surface area contributed by atoms with E-state index in [1.54, 1.807) is 43.3 Å². The molecule has 0 aliphatic carbocycles. The van der Waals surface area contributed by atoms with Gasteiger partial charge in [-0.05, 0) is 60.3 Å². The van der Waals surface area contributed by atoms with Crippen molar-refractivity contribution in [3.8, 4) is 0 Å². The molecule has 158 valence electrons. The molecule has 0 fully saturated rings. The van der Waals surface area contributed by atoms with Crippen LogP contribution in [-0.4, -0.2) is 16.8 Å². The fourth-order valence-corrected chi connectivity index (χ4v) is 4.59. The second kappa shape index (κ2) is 8.12. The number of carbonyl (C=O) groups excluding carboxylic acids is 2. The number of carbonyl (C=O) groups is 2. The zero-order valence-electron chi connectivity index (χ0n) is 15.9. The molecule has 2 N–H and O–H groups in total. The fourth-order valence-electron chi connectivity index (χ4n) is 2.90. The van der Waals surface area contributed by atoms with Crippen LogP contribution in [0.25, 0.3) is 10.2 Å². The van der Waals surface area contributed by atoms with Gasteiger partial charge in [-0.3, -0.25) is 9.59 Å². The Bertz CT molecular complexity index is 1260. The molecule has 0 atom stereocenters. The van der Waals surface area contributed by atoms with Gasteiger partial charge >= 0.3 is 6.18 Å². The number of rotatable bonds is 4. The molecule has 4 aromatic rings. The second-order valence-corrected chi connectivity index (χ2v) is 8.51. The Morgan fingerprint density at radius 3 is 2.16 bits per heavy atom. The van der Waals surface area contributed by atoms with Crippen LogP contribution in [0.3, 0.4) is 0 Å². The lowest BCUT2D eigenvalue weighted by Crippen LogP contribution is -2.12. The van der Waals surface area contributed by atoms with Crippen LogP contribution < -0.4 is 10.6 Å². The molecule has 0 saturated heterocycles. The average molecular weight is 461 g/mol. The number of hydrogen-bond donors (Lipinski definition) is 2. The van der Waals surface area contributed by atoms with Crippen molar-refractivity contribution in [2.45, 2.75) is 13.1 Å². The summed E-state index contributed by atoms with van der Waals surface area (Å²) in [6.07, 6.45) is -4.55. The first kappa shape index (κ1) is 21.0. The summed E-state index contributed by atoms with van der Waals surface area (Å²) in [5.41, 5.74) is 0.630. The van der Waals surface area contributed by atoms with E-state index in [9.17, 15) is 22.8 Å². The number of amides is 2. The summed E-state index contributed by atoms with van der Waals surface area (Å²) in [5, 5.41) is 7.80. The highest BCUT2D eigenvalue weighted by molar-refractivity contribution is 7.20. The number of thiophene rings is 2. The second-order valence-electron chi connectivity index (χ2n) is 6.57. The van der Waals surface area contributed by atoms with Crippen molar-refractivity contribution in [3.63, 3.8) is 0 Å². The number of nitrogens with zero attached hydrogens (tertiary/aromatic N) is 1. The van der Waals surface area contributed by atoms with Gasteiger partial charge in [0.1, 0.15) is 10.5 Å². The molecular formula is C21H14F3N3O2S2. The van der Waals surface area contributed by atoms with Crippen LogP contribution >= 0.6 is 22.7 Å². The predicted molar refractivity (Wildman–Crippen MR) is 116 cm³/mol. The van der Waals surface area contributed by atoms with Crippen molar-refractivity contribution >= 4 is 56.1 Å². The van der Waals surface area contributed by atoms with Crippen molar-refractivity contribution < 1.29 is 22.8 Å². The van der Waals surface area contributed by atoms with E-state index in [-0.39, 0.29) is 15.6 Å². The Labute approximate surface area is 182 Å². The summed E-state index contributed by atoms with van der Waals surface area (Å²) in [6, 6.07) is 12.3. The van der Waals surface area contributed by atoms with E-state index in [0.717, 1.165) is 17.4 Å². The Kier molecular flexibility index (Phi) is 5.50. The molecule has 31 heavy (non-hydrogen) atoms. The van der Waals surface area contributed by atoms with Crippen LogP contribution in [0.15, 0.2) is 53.9 Å². The van der Waals surface area contributed by atoms with Gasteiger partial charge in [-0.2, -0.15) is 13.2 Å². The van der Waals surface area contributed by atoms with Gasteiger partial charge in [0.2, 0.25) is 0 Å². The van der Waals surface area contributed by atoms with Crippen LogP contribution in [0.1, 0.15) is 30.6 Å². The largest absolute Gasteiger partial charge is 0.433 e. The molecule has 4 rings (SSSR count). The highest BCUT2D eigenvalue weighted by Crippen LogP contribution is 2.34. The monoisotopic (exact) mass is 461 g/mol. The molecule has 1 aromatic carbocycles. The number of hydrogen-bond acceptors (Lipinski definition) is 5. The molecule has 0 saturated carbocycles. The molecule has 5 nitrogen and oxygen atoms in total. The molecule has 0 spiro atoms. The number of aryl methyl sites for hydroxylation is 1. The summed E-state index contributed by atoms with van der Waals surface area (Å²) in [5.74, 6) is -0.664. The van der Waals surface area contributed by atoms with E-state index in [2.05, 4.69) is 15.6 Å². The first-order valence-electron chi connectivity index (χ1n) is 8.96. The molecule has 0 aliphatic rings. The Hall–Kier alpha value is -3.24. The predicted octanol–water partition coefficient (Wildman–Crippen LogP) is 6.19. The third-order valence-electron chi connectivity index (χ3n) is 4.45. The average Bonchev–Trinajstić information content (AvgIpc) is 3.37. The van der Waals surface area contributed by atoms with Gasteiger partial charge in [-0.1, -0.05) is 6.07 Å². The topological polar surface area (TPSA) is 71.1 Å². The summed E-state index contributed by atoms with van der Waals surface area (Å²) in [6.45, 7) is 1.67. The molecule has 3 heterocycles. The Morgan fingerprint density at radius 1 is 0.935 bits per heavy atom. The van der Waals surface area contributed by atoms with Gasteiger partial charge in [-0.15, -0.1) is 22.7 Å². The van der Waals surface area contributed by atoms with Crippen LogP contribution in [0.4, 0.5) is 24.5 Å². The minimum Gasteiger partial charge on any atom is -0.321 e. The minimum absolute atomic E-state index is 0.157. The van der Waals surface area contributed by atoms with Crippen LogP contribution in [0, 0.1) is 6.92 Å². The summed E-state index contributed by atoms with van der Waals surface area (Å²) < 4.78 is 38.7. The fraction of sp³-hybridized carbons (Fsp3) is 0.0952. The van der Waals surface area contributed by atoms with Gasteiger partial charge < -0.3 is 10.6 Å². The number of aromatic nitrogens is 1. The van der Waals surface area contributed by atoms with Gasteiger partial charge in [0.15, 0.2) is 0 Å². The summed E-state index contributed by atoms with van der Waals surface area (Å²) in [7, 11) is 0. The summed E-state index contributed by atoms with van der Waals surface area (Å²) >= 11 is 2.24. The standard InChI is InChI=1S/C21H14F3N3O2S2/c1-11-14-8-9-16(21(22,23)24)27-20(14)31-17(11)19(29)26-13-6-4-12(5-7-13)25-18(28)15-3-2-10-30-15/h2-10H,1H3,(H,25,28)(H,26,29).